The molecule has 0 bridgehead atoms. The number of carboxylic acids is 1. The smallest absolute Gasteiger partial charge is 0.354 e. The molecule has 8 nitrogen and oxygen atoms in total. The summed E-state index contributed by atoms with van der Waals surface area (Å²) in [6.07, 6.45) is 2.67. The molecule has 2 aromatic rings. The van der Waals surface area contributed by atoms with Gasteiger partial charge in [-0.2, -0.15) is 0 Å². The largest absolute Gasteiger partial charge is 0.477 e. The Kier molecular flexibility index (Phi) is 3.42. The minimum atomic E-state index is -1.08. The molecule has 0 fully saturated rings. The minimum absolute atomic E-state index is 0.00221. The highest BCUT2D eigenvalue weighted by molar-refractivity contribution is 5.85. The van der Waals surface area contributed by atoms with Gasteiger partial charge in [-0.05, 0) is 11.6 Å². The highest BCUT2D eigenvalue weighted by Gasteiger charge is 2.06. The average molecular weight is 261 g/mol. The maximum Gasteiger partial charge on any atom is 0.354 e. The number of hydrogen-bond acceptors (Lipinski definition) is 6. The van der Waals surface area contributed by atoms with E-state index in [1.165, 1.54) is 18.6 Å². The van der Waals surface area contributed by atoms with Crippen LogP contribution in [0.2, 0.25) is 0 Å². The molecule has 0 saturated heterocycles. The predicted molar refractivity (Wildman–Crippen MR) is 67.8 cm³/mol. The molecule has 0 spiro atoms. The van der Waals surface area contributed by atoms with E-state index < -0.39 is 11.5 Å². The summed E-state index contributed by atoms with van der Waals surface area (Å²) in [5, 5.41) is 11.6. The Labute approximate surface area is 107 Å². The molecule has 0 aliphatic heterocycles. The van der Waals surface area contributed by atoms with Gasteiger partial charge in [-0.3, -0.25) is 4.79 Å². The van der Waals surface area contributed by atoms with E-state index in [4.69, 9.17) is 10.8 Å². The summed E-state index contributed by atoms with van der Waals surface area (Å²) in [7, 11) is 0. The molecule has 0 aromatic carbocycles. The van der Waals surface area contributed by atoms with E-state index in [2.05, 4.69) is 20.3 Å². The third-order valence-electron chi connectivity index (χ3n) is 2.39. The summed E-state index contributed by atoms with van der Waals surface area (Å²) < 4.78 is 0. The Morgan fingerprint density at radius 1 is 1.42 bits per heavy atom. The van der Waals surface area contributed by atoms with Gasteiger partial charge in [-0.25, -0.2) is 14.8 Å². The van der Waals surface area contributed by atoms with E-state index in [0.29, 0.717) is 6.54 Å². The summed E-state index contributed by atoms with van der Waals surface area (Å²) in [4.78, 5) is 31.9. The number of nitrogens with zero attached hydrogens (tertiary/aromatic N) is 2. The molecule has 8 heteroatoms. The van der Waals surface area contributed by atoms with Crippen molar-refractivity contribution in [3.63, 3.8) is 0 Å². The Morgan fingerprint density at radius 3 is 2.84 bits per heavy atom. The number of carbonyl (C=O) groups is 1. The molecule has 19 heavy (non-hydrogen) atoms. The van der Waals surface area contributed by atoms with Crippen molar-refractivity contribution >= 4 is 17.5 Å². The molecule has 5 N–H and O–H groups in total. The molecular formula is C11H11N5O3. The number of aromatic carboxylic acids is 1. The fourth-order valence-corrected chi connectivity index (χ4v) is 1.39. The third kappa shape index (κ3) is 2.86. The van der Waals surface area contributed by atoms with Crippen LogP contribution in [0, 0.1) is 0 Å². The number of nitrogen functional groups attached to an aromatic ring is 1. The Hall–Kier alpha value is -2.90. The van der Waals surface area contributed by atoms with Crippen molar-refractivity contribution in [1.82, 2.24) is 15.0 Å². The van der Waals surface area contributed by atoms with Crippen LogP contribution in [0.15, 0.2) is 29.5 Å². The number of aromatic amines is 1. The third-order valence-corrected chi connectivity index (χ3v) is 2.39. The maximum absolute atomic E-state index is 11.2. The lowest BCUT2D eigenvalue weighted by Gasteiger charge is -2.07. The van der Waals surface area contributed by atoms with Gasteiger partial charge < -0.3 is 21.1 Å². The molecule has 0 amide bonds. The number of carboxylic acid groups (broad SMARTS) is 1. The molecule has 0 atom stereocenters. The number of pyridine rings is 1. The first-order chi connectivity index (χ1) is 9.08. The SMILES string of the molecule is Nc1c(NCc2ccc(C(=O)O)nc2)nc[nH]c1=O. The first-order valence-electron chi connectivity index (χ1n) is 5.33. The Morgan fingerprint density at radius 2 is 2.21 bits per heavy atom. The van der Waals surface area contributed by atoms with E-state index >= 15 is 0 Å². The van der Waals surface area contributed by atoms with Crippen LogP contribution in [0.3, 0.4) is 0 Å². The lowest BCUT2D eigenvalue weighted by molar-refractivity contribution is 0.0690. The summed E-state index contributed by atoms with van der Waals surface area (Å²) in [6.45, 7) is 0.327. The zero-order valence-electron chi connectivity index (χ0n) is 9.75. The van der Waals surface area contributed by atoms with Gasteiger partial charge in [0.05, 0.1) is 6.33 Å². The maximum atomic E-state index is 11.2. The monoisotopic (exact) mass is 261 g/mol. The van der Waals surface area contributed by atoms with Crippen LogP contribution >= 0.6 is 0 Å². The standard InChI is InChI=1S/C11H11N5O3/c12-8-9(15-5-16-10(8)17)14-4-6-1-2-7(11(18)19)13-3-6/h1-3,5H,4,12H2,(H,18,19)(H2,14,15,16,17). The van der Waals surface area contributed by atoms with Crippen LogP contribution in [0.1, 0.15) is 16.1 Å². The molecule has 0 aliphatic carbocycles. The second-order valence-corrected chi connectivity index (χ2v) is 3.70. The summed E-state index contributed by atoms with van der Waals surface area (Å²) in [6, 6.07) is 3.01. The Bertz CT molecular complexity index is 650. The zero-order valence-corrected chi connectivity index (χ0v) is 9.75. The number of H-pyrrole nitrogens is 1. The second kappa shape index (κ2) is 5.17. The van der Waals surface area contributed by atoms with Crippen LogP contribution in [0.25, 0.3) is 0 Å². The van der Waals surface area contributed by atoms with Crippen LogP contribution in [0.4, 0.5) is 11.5 Å². The molecule has 0 radical (unpaired) electrons. The molecule has 0 aliphatic rings. The van der Waals surface area contributed by atoms with E-state index in [-0.39, 0.29) is 17.2 Å². The lowest BCUT2D eigenvalue weighted by atomic mass is 10.2. The van der Waals surface area contributed by atoms with Gasteiger partial charge in [0.1, 0.15) is 11.4 Å². The van der Waals surface area contributed by atoms with Crippen molar-refractivity contribution in [2.75, 3.05) is 11.1 Å². The number of nitrogens with two attached hydrogens (primary N) is 1. The van der Waals surface area contributed by atoms with Gasteiger partial charge in [0, 0.05) is 12.7 Å². The highest BCUT2D eigenvalue weighted by atomic mass is 16.4. The topological polar surface area (TPSA) is 134 Å². The number of hydrogen-bond donors (Lipinski definition) is 4. The van der Waals surface area contributed by atoms with Gasteiger partial charge in [-0.15, -0.1) is 0 Å². The van der Waals surface area contributed by atoms with Crippen molar-refractivity contribution < 1.29 is 9.90 Å². The van der Waals surface area contributed by atoms with Crippen LogP contribution in [-0.2, 0) is 6.54 Å². The van der Waals surface area contributed by atoms with Gasteiger partial charge in [0.25, 0.3) is 5.56 Å². The summed E-state index contributed by atoms with van der Waals surface area (Å²) in [5.41, 5.74) is 5.84. The van der Waals surface area contributed by atoms with Gasteiger partial charge in [0.15, 0.2) is 5.82 Å². The molecule has 98 valence electrons. The molecule has 2 aromatic heterocycles. The predicted octanol–water partition coefficient (Wildman–Crippen LogP) is 0.0574. The summed E-state index contributed by atoms with van der Waals surface area (Å²) in [5.74, 6) is -0.814. The van der Waals surface area contributed by atoms with Crippen molar-refractivity contribution in [3.05, 3.63) is 46.3 Å². The lowest BCUT2D eigenvalue weighted by Crippen LogP contribution is -2.16. The van der Waals surface area contributed by atoms with E-state index in [1.54, 1.807) is 6.07 Å². The van der Waals surface area contributed by atoms with Crippen LogP contribution in [0.5, 0.6) is 0 Å². The van der Waals surface area contributed by atoms with E-state index in [1.807, 2.05) is 0 Å². The zero-order chi connectivity index (χ0) is 13.8. The highest BCUT2D eigenvalue weighted by Crippen LogP contribution is 2.09. The molecular weight excluding hydrogens is 250 g/mol. The van der Waals surface area contributed by atoms with Crippen molar-refractivity contribution in [1.29, 1.82) is 0 Å². The fraction of sp³-hybridized carbons (Fsp3) is 0.0909. The van der Waals surface area contributed by atoms with E-state index in [9.17, 15) is 9.59 Å². The average Bonchev–Trinajstić information content (AvgIpc) is 2.41. The van der Waals surface area contributed by atoms with Crippen LogP contribution < -0.4 is 16.6 Å². The minimum Gasteiger partial charge on any atom is -0.477 e. The number of rotatable bonds is 4. The van der Waals surface area contributed by atoms with Crippen molar-refractivity contribution in [3.8, 4) is 0 Å². The van der Waals surface area contributed by atoms with Gasteiger partial charge >= 0.3 is 5.97 Å². The summed E-state index contributed by atoms with van der Waals surface area (Å²) >= 11 is 0. The van der Waals surface area contributed by atoms with Crippen molar-refractivity contribution in [2.24, 2.45) is 0 Å². The molecule has 2 heterocycles. The fourth-order valence-electron chi connectivity index (χ4n) is 1.39. The van der Waals surface area contributed by atoms with Crippen LogP contribution in [-0.4, -0.2) is 26.0 Å². The normalized spacial score (nSPS) is 10.1. The number of aromatic nitrogens is 3. The van der Waals surface area contributed by atoms with Crippen molar-refractivity contribution in [2.45, 2.75) is 6.54 Å². The quantitative estimate of drug-likeness (QED) is 0.611. The molecule has 2 rings (SSSR count). The molecule has 0 unspecified atom stereocenters. The second-order valence-electron chi connectivity index (χ2n) is 3.70. The number of nitrogens with one attached hydrogen (secondary N) is 2. The first-order valence-corrected chi connectivity index (χ1v) is 5.33. The Balaban J connectivity index is 2.08. The number of anilines is 2. The van der Waals surface area contributed by atoms with E-state index in [0.717, 1.165) is 5.56 Å². The van der Waals surface area contributed by atoms with Gasteiger partial charge in [0.2, 0.25) is 0 Å². The van der Waals surface area contributed by atoms with Gasteiger partial charge in [-0.1, -0.05) is 6.07 Å². The molecule has 0 saturated carbocycles. The first kappa shape index (κ1) is 12.6.